The van der Waals surface area contributed by atoms with Crippen molar-refractivity contribution in [1.29, 1.82) is 0 Å². The Hall–Kier alpha value is -2.18. The molecule has 0 aromatic heterocycles. The van der Waals surface area contributed by atoms with E-state index in [0.29, 0.717) is 10.6 Å². The molecule has 0 radical (unpaired) electrons. The number of nitrogens with one attached hydrogen (secondary N) is 2. The van der Waals surface area contributed by atoms with Crippen LogP contribution < -0.4 is 15.6 Å². The summed E-state index contributed by atoms with van der Waals surface area (Å²) in [7, 11) is 0. The van der Waals surface area contributed by atoms with Gasteiger partial charge in [0.1, 0.15) is 5.75 Å². The molecule has 3 nitrogen and oxygen atoms in total. The standard InChI is InChI=1S/C17H14ClF3N2O/c1-10-8-12-4-7-14(24-17(19,20)21)9-15(12)16(23-22-10)11-2-5-13(18)6-3-11/h2-9,16,22-23H,1H3. The lowest BCUT2D eigenvalue weighted by atomic mass is 9.94. The number of rotatable bonds is 2. The highest BCUT2D eigenvalue weighted by molar-refractivity contribution is 6.30. The molecule has 126 valence electrons. The molecule has 0 saturated heterocycles. The normalized spacial score (nSPS) is 17.4. The quantitative estimate of drug-likeness (QED) is 0.813. The van der Waals surface area contributed by atoms with Gasteiger partial charge in [-0.15, -0.1) is 13.2 Å². The molecule has 24 heavy (non-hydrogen) atoms. The summed E-state index contributed by atoms with van der Waals surface area (Å²) >= 11 is 5.91. The summed E-state index contributed by atoms with van der Waals surface area (Å²) in [4.78, 5) is 0. The van der Waals surface area contributed by atoms with Gasteiger partial charge in [0.2, 0.25) is 0 Å². The Morgan fingerprint density at radius 2 is 1.79 bits per heavy atom. The number of hydrogen-bond acceptors (Lipinski definition) is 3. The van der Waals surface area contributed by atoms with E-state index < -0.39 is 6.36 Å². The summed E-state index contributed by atoms with van der Waals surface area (Å²) in [5.74, 6) is -0.255. The summed E-state index contributed by atoms with van der Waals surface area (Å²) in [6, 6.07) is 11.1. The largest absolute Gasteiger partial charge is 0.573 e. The second-order valence-electron chi connectivity index (χ2n) is 5.42. The Morgan fingerprint density at radius 3 is 2.46 bits per heavy atom. The van der Waals surface area contributed by atoms with Crippen LogP contribution in [-0.2, 0) is 0 Å². The van der Waals surface area contributed by atoms with Crippen LogP contribution in [-0.4, -0.2) is 6.36 Å². The molecule has 1 aliphatic heterocycles. The van der Waals surface area contributed by atoms with E-state index in [-0.39, 0.29) is 11.8 Å². The van der Waals surface area contributed by atoms with Crippen LogP contribution in [0.3, 0.4) is 0 Å². The highest BCUT2D eigenvalue weighted by Crippen LogP contribution is 2.33. The summed E-state index contributed by atoms with van der Waals surface area (Å²) in [6.07, 6.45) is -2.87. The van der Waals surface area contributed by atoms with E-state index in [1.807, 2.05) is 25.1 Å². The fourth-order valence-corrected chi connectivity index (χ4v) is 2.71. The Bertz CT molecular complexity index is 772. The monoisotopic (exact) mass is 354 g/mol. The molecule has 0 aliphatic carbocycles. The number of alkyl halides is 3. The minimum Gasteiger partial charge on any atom is -0.406 e. The third-order valence-electron chi connectivity index (χ3n) is 3.59. The van der Waals surface area contributed by atoms with Crippen LogP contribution in [0.15, 0.2) is 48.2 Å². The minimum absolute atomic E-state index is 0.255. The predicted molar refractivity (Wildman–Crippen MR) is 86.3 cm³/mol. The SMILES string of the molecule is CC1=Cc2ccc(OC(F)(F)F)cc2C(c2ccc(Cl)cc2)NN1. The van der Waals surface area contributed by atoms with Crippen molar-refractivity contribution < 1.29 is 17.9 Å². The van der Waals surface area contributed by atoms with Gasteiger partial charge in [0, 0.05) is 10.7 Å². The fourth-order valence-electron chi connectivity index (χ4n) is 2.58. The Balaban J connectivity index is 2.05. The zero-order chi connectivity index (χ0) is 17.3. The highest BCUT2D eigenvalue weighted by atomic mass is 35.5. The maximum Gasteiger partial charge on any atom is 0.573 e. The summed E-state index contributed by atoms with van der Waals surface area (Å²) in [5, 5.41) is 0.587. The van der Waals surface area contributed by atoms with Crippen molar-refractivity contribution in [2.24, 2.45) is 0 Å². The summed E-state index contributed by atoms with van der Waals surface area (Å²) < 4.78 is 41.6. The molecule has 2 aromatic carbocycles. The number of allylic oxidation sites excluding steroid dienone is 1. The van der Waals surface area contributed by atoms with Gasteiger partial charge >= 0.3 is 6.36 Å². The van der Waals surface area contributed by atoms with E-state index >= 15 is 0 Å². The molecular weight excluding hydrogens is 341 g/mol. The van der Waals surface area contributed by atoms with Crippen LogP contribution in [0.2, 0.25) is 5.02 Å². The van der Waals surface area contributed by atoms with E-state index in [0.717, 1.165) is 16.8 Å². The van der Waals surface area contributed by atoms with Gasteiger partial charge in [-0.3, -0.25) is 0 Å². The summed E-state index contributed by atoms with van der Waals surface area (Å²) in [6.45, 7) is 1.86. The van der Waals surface area contributed by atoms with Crippen molar-refractivity contribution in [2.75, 3.05) is 0 Å². The fraction of sp³-hybridized carbons (Fsp3) is 0.176. The third kappa shape index (κ3) is 3.83. The molecule has 7 heteroatoms. The molecule has 1 unspecified atom stereocenters. The number of benzene rings is 2. The average Bonchev–Trinajstić information content (AvgIpc) is 2.65. The molecule has 1 aliphatic rings. The number of fused-ring (bicyclic) bond motifs is 1. The first-order valence-electron chi connectivity index (χ1n) is 7.17. The summed E-state index contributed by atoms with van der Waals surface area (Å²) in [5.41, 5.74) is 9.33. The van der Waals surface area contributed by atoms with Gasteiger partial charge in [-0.1, -0.05) is 29.8 Å². The van der Waals surface area contributed by atoms with Crippen molar-refractivity contribution in [3.63, 3.8) is 0 Å². The van der Waals surface area contributed by atoms with Crippen LogP contribution in [0.4, 0.5) is 13.2 Å². The van der Waals surface area contributed by atoms with Crippen molar-refractivity contribution in [2.45, 2.75) is 19.3 Å². The van der Waals surface area contributed by atoms with Crippen LogP contribution in [0, 0.1) is 0 Å². The van der Waals surface area contributed by atoms with Crippen LogP contribution in [0.1, 0.15) is 29.7 Å². The number of hydrogen-bond donors (Lipinski definition) is 2. The second-order valence-corrected chi connectivity index (χ2v) is 5.86. The molecule has 1 atom stereocenters. The van der Waals surface area contributed by atoms with Gasteiger partial charge in [0.25, 0.3) is 0 Å². The maximum atomic E-state index is 12.5. The molecule has 3 rings (SSSR count). The lowest BCUT2D eigenvalue weighted by Gasteiger charge is -2.21. The zero-order valence-electron chi connectivity index (χ0n) is 12.6. The molecular formula is C17H14ClF3N2O. The Labute approximate surface area is 142 Å². The molecule has 1 heterocycles. The third-order valence-corrected chi connectivity index (χ3v) is 3.84. The van der Waals surface area contributed by atoms with Crippen molar-refractivity contribution in [1.82, 2.24) is 10.9 Å². The van der Waals surface area contributed by atoms with Crippen molar-refractivity contribution in [3.8, 4) is 5.75 Å². The maximum absolute atomic E-state index is 12.5. The van der Waals surface area contributed by atoms with Crippen molar-refractivity contribution in [3.05, 3.63) is 69.9 Å². The Kier molecular flexibility index (Phi) is 4.43. The predicted octanol–water partition coefficient (Wildman–Crippen LogP) is 4.80. The van der Waals surface area contributed by atoms with Gasteiger partial charge in [0.05, 0.1) is 6.04 Å². The molecule has 2 N–H and O–H groups in total. The van der Waals surface area contributed by atoms with Gasteiger partial charge in [-0.2, -0.15) is 0 Å². The van der Waals surface area contributed by atoms with Gasteiger partial charge in [0.15, 0.2) is 0 Å². The molecule has 0 saturated carbocycles. The molecule has 0 amide bonds. The molecule has 0 spiro atoms. The Morgan fingerprint density at radius 1 is 1.08 bits per heavy atom. The first-order chi connectivity index (χ1) is 11.3. The topological polar surface area (TPSA) is 33.3 Å². The van der Waals surface area contributed by atoms with E-state index in [1.54, 1.807) is 18.2 Å². The average molecular weight is 355 g/mol. The zero-order valence-corrected chi connectivity index (χ0v) is 13.4. The van der Waals surface area contributed by atoms with E-state index in [1.165, 1.54) is 12.1 Å². The molecule has 2 aromatic rings. The van der Waals surface area contributed by atoms with Crippen LogP contribution in [0.25, 0.3) is 6.08 Å². The lowest BCUT2D eigenvalue weighted by Crippen LogP contribution is -2.33. The van der Waals surface area contributed by atoms with Crippen molar-refractivity contribution >= 4 is 17.7 Å². The molecule has 0 fully saturated rings. The first kappa shape index (κ1) is 16.7. The van der Waals surface area contributed by atoms with Gasteiger partial charge < -0.3 is 10.2 Å². The molecule has 0 bridgehead atoms. The van der Waals surface area contributed by atoms with Crippen LogP contribution >= 0.6 is 11.6 Å². The van der Waals surface area contributed by atoms with E-state index in [4.69, 9.17) is 11.6 Å². The van der Waals surface area contributed by atoms with Gasteiger partial charge in [-0.25, -0.2) is 5.43 Å². The second kappa shape index (κ2) is 6.37. The van der Waals surface area contributed by atoms with E-state index in [9.17, 15) is 13.2 Å². The van der Waals surface area contributed by atoms with Crippen LogP contribution in [0.5, 0.6) is 5.75 Å². The first-order valence-corrected chi connectivity index (χ1v) is 7.54. The smallest absolute Gasteiger partial charge is 0.406 e. The van der Waals surface area contributed by atoms with E-state index in [2.05, 4.69) is 15.6 Å². The number of ether oxygens (including phenoxy) is 1. The highest BCUT2D eigenvalue weighted by Gasteiger charge is 2.31. The number of hydrazine groups is 1. The van der Waals surface area contributed by atoms with Gasteiger partial charge in [-0.05, 0) is 54.0 Å². The lowest BCUT2D eigenvalue weighted by molar-refractivity contribution is -0.274. The number of halogens is 4. The minimum atomic E-state index is -4.73.